The fourth-order valence-electron chi connectivity index (χ4n) is 2.00. The van der Waals surface area contributed by atoms with Gasteiger partial charge in [-0.3, -0.25) is 4.79 Å². The fraction of sp³-hybridized carbons (Fsp3) is 0.308. The monoisotopic (exact) mass is 231 g/mol. The molecule has 17 heavy (non-hydrogen) atoms. The van der Waals surface area contributed by atoms with Crippen molar-refractivity contribution in [2.24, 2.45) is 0 Å². The normalized spacial score (nSPS) is 15.8. The molecule has 0 saturated carbocycles. The molecule has 0 radical (unpaired) electrons. The lowest BCUT2D eigenvalue weighted by molar-refractivity contribution is -0.126. The van der Waals surface area contributed by atoms with E-state index in [4.69, 9.17) is 5.73 Å². The van der Waals surface area contributed by atoms with Crippen molar-refractivity contribution in [1.29, 1.82) is 0 Å². The smallest absolute Gasteiger partial charge is 0.246 e. The van der Waals surface area contributed by atoms with Gasteiger partial charge in [-0.1, -0.05) is 6.58 Å². The van der Waals surface area contributed by atoms with E-state index >= 15 is 0 Å². The lowest BCUT2D eigenvalue weighted by Gasteiger charge is -2.35. The van der Waals surface area contributed by atoms with Gasteiger partial charge in [0.15, 0.2) is 0 Å². The number of carbonyl (C=O) groups is 1. The predicted octanol–water partition coefficient (Wildman–Crippen LogP) is 1.10. The summed E-state index contributed by atoms with van der Waals surface area (Å²) in [5, 5.41) is 0. The Labute approximate surface area is 101 Å². The number of nitrogens with zero attached hydrogens (tertiary/aromatic N) is 2. The van der Waals surface area contributed by atoms with Crippen molar-refractivity contribution in [1.82, 2.24) is 4.90 Å². The number of nitrogens with two attached hydrogens (primary N) is 1. The van der Waals surface area contributed by atoms with Gasteiger partial charge in [-0.25, -0.2) is 0 Å². The van der Waals surface area contributed by atoms with Crippen LogP contribution in [0.2, 0.25) is 0 Å². The molecule has 4 nitrogen and oxygen atoms in total. The molecule has 1 fully saturated rings. The standard InChI is InChI=1S/C13H17N3O/c1-2-13(17)16-9-7-15(8-10-16)12-5-3-11(14)4-6-12/h2-6H,1,7-10,14H2. The van der Waals surface area contributed by atoms with Crippen LogP contribution in [0.5, 0.6) is 0 Å². The van der Waals surface area contributed by atoms with E-state index in [1.165, 1.54) is 6.08 Å². The first-order chi connectivity index (χ1) is 8.20. The molecule has 1 aliphatic rings. The molecule has 0 aliphatic carbocycles. The first-order valence-electron chi connectivity index (χ1n) is 5.72. The van der Waals surface area contributed by atoms with Crippen LogP contribution in [-0.4, -0.2) is 37.0 Å². The maximum Gasteiger partial charge on any atom is 0.246 e. The van der Waals surface area contributed by atoms with Crippen LogP contribution in [0.15, 0.2) is 36.9 Å². The number of nitrogen functional groups attached to an aromatic ring is 1. The zero-order valence-electron chi connectivity index (χ0n) is 9.80. The summed E-state index contributed by atoms with van der Waals surface area (Å²) >= 11 is 0. The molecule has 1 amide bonds. The molecular formula is C13H17N3O. The Kier molecular flexibility index (Phi) is 3.32. The van der Waals surface area contributed by atoms with Gasteiger partial charge in [-0.15, -0.1) is 0 Å². The molecule has 0 atom stereocenters. The molecule has 0 bridgehead atoms. The summed E-state index contributed by atoms with van der Waals surface area (Å²) in [5.74, 6) is 0.0157. The summed E-state index contributed by atoms with van der Waals surface area (Å²) in [6.07, 6.45) is 1.37. The molecule has 2 N–H and O–H groups in total. The van der Waals surface area contributed by atoms with Crippen LogP contribution in [0.25, 0.3) is 0 Å². The van der Waals surface area contributed by atoms with Crippen LogP contribution in [0.3, 0.4) is 0 Å². The van der Waals surface area contributed by atoms with Crippen LogP contribution >= 0.6 is 0 Å². The van der Waals surface area contributed by atoms with E-state index < -0.39 is 0 Å². The van der Waals surface area contributed by atoms with Crippen molar-refractivity contribution in [3.05, 3.63) is 36.9 Å². The van der Waals surface area contributed by atoms with Gasteiger partial charge in [0.05, 0.1) is 0 Å². The predicted molar refractivity (Wildman–Crippen MR) is 69.8 cm³/mol. The maximum absolute atomic E-state index is 11.4. The highest BCUT2D eigenvalue weighted by atomic mass is 16.2. The van der Waals surface area contributed by atoms with Gasteiger partial charge in [-0.05, 0) is 30.3 Å². The van der Waals surface area contributed by atoms with Gasteiger partial charge in [0, 0.05) is 37.6 Å². The summed E-state index contributed by atoms with van der Waals surface area (Å²) in [4.78, 5) is 15.5. The Morgan fingerprint density at radius 1 is 1.18 bits per heavy atom. The lowest BCUT2D eigenvalue weighted by atomic mass is 10.2. The summed E-state index contributed by atoms with van der Waals surface area (Å²) < 4.78 is 0. The molecule has 0 unspecified atom stereocenters. The minimum Gasteiger partial charge on any atom is -0.399 e. The van der Waals surface area contributed by atoms with Gasteiger partial charge in [0.1, 0.15) is 0 Å². The van der Waals surface area contributed by atoms with Gasteiger partial charge in [0.2, 0.25) is 5.91 Å². The number of carbonyl (C=O) groups excluding carboxylic acids is 1. The van der Waals surface area contributed by atoms with E-state index in [2.05, 4.69) is 11.5 Å². The van der Waals surface area contributed by atoms with Crippen LogP contribution in [0.1, 0.15) is 0 Å². The molecule has 1 aromatic carbocycles. The number of benzene rings is 1. The number of hydrogen-bond acceptors (Lipinski definition) is 3. The molecule has 1 saturated heterocycles. The summed E-state index contributed by atoms with van der Waals surface area (Å²) in [7, 11) is 0. The highest BCUT2D eigenvalue weighted by Crippen LogP contribution is 2.18. The van der Waals surface area contributed by atoms with Crippen LogP contribution in [-0.2, 0) is 4.79 Å². The lowest BCUT2D eigenvalue weighted by Crippen LogP contribution is -2.48. The molecule has 1 heterocycles. The van der Waals surface area contributed by atoms with Crippen LogP contribution < -0.4 is 10.6 Å². The second-order valence-electron chi connectivity index (χ2n) is 4.11. The molecular weight excluding hydrogens is 214 g/mol. The summed E-state index contributed by atoms with van der Waals surface area (Å²) in [6.45, 7) is 6.70. The van der Waals surface area contributed by atoms with E-state index in [9.17, 15) is 4.79 Å². The van der Waals surface area contributed by atoms with Gasteiger partial charge in [0.25, 0.3) is 0 Å². The number of hydrogen-bond donors (Lipinski definition) is 1. The third-order valence-corrected chi connectivity index (χ3v) is 3.02. The molecule has 0 spiro atoms. The SMILES string of the molecule is C=CC(=O)N1CCN(c2ccc(N)cc2)CC1. The van der Waals surface area contributed by atoms with Crippen molar-refractivity contribution in [3.63, 3.8) is 0 Å². The molecule has 4 heteroatoms. The number of rotatable bonds is 2. The van der Waals surface area contributed by atoms with E-state index in [1.54, 1.807) is 0 Å². The second-order valence-corrected chi connectivity index (χ2v) is 4.11. The topological polar surface area (TPSA) is 49.6 Å². The third kappa shape index (κ3) is 2.58. The van der Waals surface area contributed by atoms with Crippen molar-refractivity contribution >= 4 is 17.3 Å². The first kappa shape index (κ1) is 11.5. The minimum atomic E-state index is 0.0157. The summed E-state index contributed by atoms with van der Waals surface area (Å²) in [6, 6.07) is 7.83. The van der Waals surface area contributed by atoms with Crippen molar-refractivity contribution in [3.8, 4) is 0 Å². The van der Waals surface area contributed by atoms with Gasteiger partial charge >= 0.3 is 0 Å². The Balaban J connectivity index is 1.97. The van der Waals surface area contributed by atoms with Gasteiger partial charge in [-0.2, -0.15) is 0 Å². The average molecular weight is 231 g/mol. The van der Waals surface area contributed by atoms with Gasteiger partial charge < -0.3 is 15.5 Å². The van der Waals surface area contributed by atoms with Crippen LogP contribution in [0, 0.1) is 0 Å². The molecule has 0 aromatic heterocycles. The first-order valence-corrected chi connectivity index (χ1v) is 5.72. The van der Waals surface area contributed by atoms with Crippen molar-refractivity contribution < 1.29 is 4.79 Å². The zero-order valence-corrected chi connectivity index (χ0v) is 9.80. The Morgan fingerprint density at radius 2 is 1.76 bits per heavy atom. The number of amides is 1. The number of anilines is 2. The molecule has 2 rings (SSSR count). The molecule has 90 valence electrons. The largest absolute Gasteiger partial charge is 0.399 e. The minimum absolute atomic E-state index is 0.0157. The van der Waals surface area contributed by atoms with Crippen molar-refractivity contribution in [2.75, 3.05) is 36.8 Å². The zero-order chi connectivity index (χ0) is 12.3. The quantitative estimate of drug-likeness (QED) is 0.612. The third-order valence-electron chi connectivity index (χ3n) is 3.02. The van der Waals surface area contributed by atoms with E-state index in [0.717, 1.165) is 37.6 Å². The Bertz CT molecular complexity index is 405. The van der Waals surface area contributed by atoms with Crippen LogP contribution in [0.4, 0.5) is 11.4 Å². The molecule has 1 aromatic rings. The highest BCUT2D eigenvalue weighted by Gasteiger charge is 2.19. The summed E-state index contributed by atoms with van der Waals surface area (Å²) in [5.41, 5.74) is 7.58. The molecule has 1 aliphatic heterocycles. The second kappa shape index (κ2) is 4.91. The van der Waals surface area contributed by atoms with Crippen molar-refractivity contribution in [2.45, 2.75) is 0 Å². The highest BCUT2D eigenvalue weighted by molar-refractivity contribution is 5.87. The number of piperazine rings is 1. The maximum atomic E-state index is 11.4. The van der Waals surface area contributed by atoms with E-state index in [-0.39, 0.29) is 5.91 Å². The van der Waals surface area contributed by atoms with E-state index in [0.29, 0.717) is 0 Å². The Hall–Kier alpha value is -1.97. The average Bonchev–Trinajstić information content (AvgIpc) is 2.39. The Morgan fingerprint density at radius 3 is 2.29 bits per heavy atom. The van der Waals surface area contributed by atoms with E-state index in [1.807, 2.05) is 29.2 Å². The fourth-order valence-corrected chi connectivity index (χ4v) is 2.00.